The molecule has 2 heterocycles. The molecule has 1 aromatic carbocycles. The molecule has 1 saturated heterocycles. The van der Waals surface area contributed by atoms with Gasteiger partial charge in [-0.05, 0) is 30.9 Å². The van der Waals surface area contributed by atoms with E-state index < -0.39 is 17.7 Å². The maximum Gasteiger partial charge on any atom is 0.416 e. The number of hydrogen-bond acceptors (Lipinski definition) is 3. The molecule has 2 amide bonds. The predicted octanol–water partition coefficient (Wildman–Crippen LogP) is 3.86. The molecular weight excluding hydrogens is 389 g/mol. The molecule has 0 bridgehead atoms. The summed E-state index contributed by atoms with van der Waals surface area (Å²) in [5.41, 5.74) is -0.292. The molecule has 1 atom stereocenters. The summed E-state index contributed by atoms with van der Waals surface area (Å²) in [5.74, 6) is -0.0644. The number of carbonyl (C=O) groups is 2. The van der Waals surface area contributed by atoms with E-state index in [2.05, 4.69) is 17.3 Å². The molecular formula is C19H23F3N4O3. The number of amides is 2. The molecule has 7 nitrogen and oxygen atoms in total. The Morgan fingerprint density at radius 3 is 2.48 bits per heavy atom. The molecule has 1 aliphatic heterocycles. The van der Waals surface area contributed by atoms with Crippen LogP contribution in [0.5, 0.6) is 0 Å². The van der Waals surface area contributed by atoms with Gasteiger partial charge in [-0.25, -0.2) is 4.79 Å². The van der Waals surface area contributed by atoms with Gasteiger partial charge in [0, 0.05) is 25.4 Å². The van der Waals surface area contributed by atoms with E-state index in [0.717, 1.165) is 25.6 Å². The molecule has 10 heteroatoms. The average Bonchev–Trinajstić information content (AvgIpc) is 3.23. The first-order chi connectivity index (χ1) is 13.6. The van der Waals surface area contributed by atoms with Crippen LogP contribution in [0.2, 0.25) is 0 Å². The molecule has 1 aliphatic rings. The number of aryl methyl sites for hydroxylation is 1. The molecule has 2 N–H and O–H groups in total. The zero-order valence-electron chi connectivity index (χ0n) is 16.1. The maximum atomic E-state index is 12.0. The highest BCUT2D eigenvalue weighted by Gasteiger charge is 2.31. The first-order valence-corrected chi connectivity index (χ1v) is 9.00. The van der Waals surface area contributed by atoms with E-state index in [1.54, 1.807) is 17.0 Å². The lowest BCUT2D eigenvalue weighted by atomic mass is 10.1. The number of alkyl halides is 3. The minimum absolute atomic E-state index is 0.181. The van der Waals surface area contributed by atoms with E-state index in [4.69, 9.17) is 5.11 Å². The van der Waals surface area contributed by atoms with Gasteiger partial charge in [0.25, 0.3) is 0 Å². The molecule has 158 valence electrons. The number of likely N-dealkylation sites (tertiary alicyclic amines) is 1. The summed E-state index contributed by atoms with van der Waals surface area (Å²) in [6, 6.07) is 6.90. The number of rotatable bonds is 3. The third-order valence-corrected chi connectivity index (χ3v) is 4.33. The van der Waals surface area contributed by atoms with Gasteiger partial charge in [-0.1, -0.05) is 25.1 Å². The molecule has 0 saturated carbocycles. The largest absolute Gasteiger partial charge is 0.480 e. The van der Waals surface area contributed by atoms with Gasteiger partial charge >= 0.3 is 18.2 Å². The van der Waals surface area contributed by atoms with Crippen molar-refractivity contribution in [3.8, 4) is 0 Å². The number of carbonyl (C=O) groups excluding carboxylic acids is 1. The van der Waals surface area contributed by atoms with Crippen LogP contribution in [0.15, 0.2) is 36.5 Å². The summed E-state index contributed by atoms with van der Waals surface area (Å²) in [4.78, 5) is 24.1. The topological polar surface area (TPSA) is 87.5 Å². The minimum Gasteiger partial charge on any atom is -0.480 e. The van der Waals surface area contributed by atoms with Crippen molar-refractivity contribution in [2.24, 2.45) is 5.92 Å². The summed E-state index contributed by atoms with van der Waals surface area (Å²) in [6.45, 7) is 4.85. The number of anilines is 1. The van der Waals surface area contributed by atoms with Crippen LogP contribution in [0.4, 0.5) is 23.8 Å². The Bertz CT molecular complexity index is 851. The molecule has 0 radical (unpaired) electrons. The number of halogens is 3. The molecule has 1 fully saturated rings. The van der Waals surface area contributed by atoms with Crippen molar-refractivity contribution in [2.75, 3.05) is 18.4 Å². The summed E-state index contributed by atoms with van der Waals surface area (Å²) >= 11 is 0. The zero-order valence-corrected chi connectivity index (χ0v) is 16.1. The van der Waals surface area contributed by atoms with Crippen LogP contribution in [0.3, 0.4) is 0 Å². The Morgan fingerprint density at radius 2 is 1.97 bits per heavy atom. The summed E-state index contributed by atoms with van der Waals surface area (Å²) in [5, 5.41) is 15.2. The second-order valence-electron chi connectivity index (χ2n) is 6.87. The molecule has 0 aliphatic carbocycles. The highest BCUT2D eigenvalue weighted by molar-refractivity contribution is 5.88. The molecule has 29 heavy (non-hydrogen) atoms. The smallest absolute Gasteiger partial charge is 0.416 e. The minimum atomic E-state index is -4.22. The number of urea groups is 1. The second kappa shape index (κ2) is 9.44. The highest BCUT2D eigenvalue weighted by atomic mass is 19.4. The molecule has 2 aromatic rings. The number of aromatic nitrogens is 2. The van der Waals surface area contributed by atoms with Gasteiger partial charge in [0.05, 0.1) is 5.56 Å². The zero-order chi connectivity index (χ0) is 21.6. The van der Waals surface area contributed by atoms with Crippen molar-refractivity contribution in [3.05, 3.63) is 47.7 Å². The van der Waals surface area contributed by atoms with Crippen LogP contribution in [-0.4, -0.2) is 44.9 Å². The number of carboxylic acids is 1. The highest BCUT2D eigenvalue weighted by Crippen LogP contribution is 2.31. The molecule has 0 spiro atoms. The van der Waals surface area contributed by atoms with Gasteiger partial charge < -0.3 is 10.0 Å². The van der Waals surface area contributed by atoms with E-state index >= 15 is 0 Å². The van der Waals surface area contributed by atoms with Gasteiger partial charge in [-0.3, -0.25) is 14.8 Å². The quantitative estimate of drug-likeness (QED) is 0.802. The van der Waals surface area contributed by atoms with Gasteiger partial charge in [-0.2, -0.15) is 18.3 Å². The van der Waals surface area contributed by atoms with Crippen molar-refractivity contribution in [3.63, 3.8) is 0 Å². The van der Waals surface area contributed by atoms with Crippen LogP contribution in [0.25, 0.3) is 0 Å². The van der Waals surface area contributed by atoms with E-state index in [9.17, 15) is 22.8 Å². The Balaban J connectivity index is 0.000000234. The summed E-state index contributed by atoms with van der Waals surface area (Å²) in [6.07, 6.45) is -1.68. The Kier molecular flexibility index (Phi) is 7.24. The lowest BCUT2D eigenvalue weighted by Gasteiger charge is -2.15. The lowest BCUT2D eigenvalue weighted by molar-refractivity contribution is -0.138. The standard InChI is InChI=1S/C11H16N4O3.C8H7F3/c1-8-2-4-14(6-8)11(18)12-9-3-5-15(13-9)7-10(16)17;1-6-4-2-3-5-7(6)8(9,10)11/h3,5,8H,2,4,6-7H2,1H3,(H,16,17)(H,12,13,18);2-5H,1H3/t8-;/m0./s1. The number of nitrogens with one attached hydrogen (secondary N) is 1. The van der Waals surface area contributed by atoms with Crippen LogP contribution in [0, 0.1) is 12.8 Å². The first kappa shape index (κ1) is 22.3. The third-order valence-electron chi connectivity index (χ3n) is 4.33. The number of nitrogens with zero attached hydrogens (tertiary/aromatic N) is 3. The van der Waals surface area contributed by atoms with Gasteiger partial charge in [0.1, 0.15) is 6.54 Å². The van der Waals surface area contributed by atoms with E-state index in [1.165, 1.54) is 29.9 Å². The fraction of sp³-hybridized carbons (Fsp3) is 0.421. The monoisotopic (exact) mass is 412 g/mol. The molecule has 1 aromatic heterocycles. The van der Waals surface area contributed by atoms with Crippen LogP contribution >= 0.6 is 0 Å². The van der Waals surface area contributed by atoms with Crippen molar-refractivity contribution >= 4 is 17.8 Å². The number of carboxylic acid groups (broad SMARTS) is 1. The van der Waals surface area contributed by atoms with E-state index in [0.29, 0.717) is 11.7 Å². The van der Waals surface area contributed by atoms with Gasteiger partial charge in [0.15, 0.2) is 5.82 Å². The van der Waals surface area contributed by atoms with Gasteiger partial charge in [-0.15, -0.1) is 0 Å². The van der Waals surface area contributed by atoms with Crippen molar-refractivity contribution in [2.45, 2.75) is 33.0 Å². The summed E-state index contributed by atoms with van der Waals surface area (Å²) < 4.78 is 37.4. The van der Waals surface area contributed by atoms with E-state index in [1.807, 2.05) is 0 Å². The molecule has 3 rings (SSSR count). The van der Waals surface area contributed by atoms with Crippen molar-refractivity contribution < 1.29 is 27.9 Å². The number of aliphatic carboxylic acids is 1. The maximum absolute atomic E-state index is 12.0. The Hall–Kier alpha value is -3.04. The van der Waals surface area contributed by atoms with E-state index in [-0.39, 0.29) is 18.1 Å². The number of benzene rings is 1. The van der Waals surface area contributed by atoms with Crippen molar-refractivity contribution in [1.82, 2.24) is 14.7 Å². The summed E-state index contributed by atoms with van der Waals surface area (Å²) in [7, 11) is 0. The normalized spacial score (nSPS) is 16.2. The van der Waals surface area contributed by atoms with Crippen LogP contribution < -0.4 is 5.32 Å². The number of hydrogen-bond donors (Lipinski definition) is 2. The fourth-order valence-electron chi connectivity index (χ4n) is 2.85. The molecule has 0 unspecified atom stereocenters. The Labute approximate surface area is 166 Å². The first-order valence-electron chi connectivity index (χ1n) is 9.00. The third kappa shape index (κ3) is 6.81. The second-order valence-corrected chi connectivity index (χ2v) is 6.87. The van der Waals surface area contributed by atoms with Crippen LogP contribution in [0.1, 0.15) is 24.5 Å². The Morgan fingerprint density at radius 1 is 1.28 bits per heavy atom. The van der Waals surface area contributed by atoms with Crippen molar-refractivity contribution in [1.29, 1.82) is 0 Å². The van der Waals surface area contributed by atoms with Crippen LogP contribution in [-0.2, 0) is 17.5 Å². The van der Waals surface area contributed by atoms with Gasteiger partial charge in [0.2, 0.25) is 0 Å². The fourth-order valence-corrected chi connectivity index (χ4v) is 2.85. The lowest BCUT2D eigenvalue weighted by Crippen LogP contribution is -2.33. The predicted molar refractivity (Wildman–Crippen MR) is 100 cm³/mol. The SMILES string of the molecule is C[C@H]1CCN(C(=O)Nc2ccn(CC(=O)O)n2)C1.Cc1ccccc1C(F)(F)F. The average molecular weight is 412 g/mol.